The number of hydroxylamine groups is 1. The summed E-state index contributed by atoms with van der Waals surface area (Å²) >= 11 is 3.03. The van der Waals surface area contributed by atoms with Crippen LogP contribution < -0.4 is 16.1 Å². The largest absolute Gasteiger partial charge is 0.357 e. The molecule has 0 radical (unpaired) electrons. The smallest absolute Gasteiger partial charge is 0.248 e. The summed E-state index contributed by atoms with van der Waals surface area (Å²) in [6.45, 7) is 9.56. The zero-order chi connectivity index (χ0) is 22.2. The van der Waals surface area contributed by atoms with E-state index in [1.165, 1.54) is 18.8 Å². The summed E-state index contributed by atoms with van der Waals surface area (Å²) in [4.78, 5) is 38.0. The van der Waals surface area contributed by atoms with E-state index in [0.29, 0.717) is 12.2 Å². The van der Waals surface area contributed by atoms with Crippen LogP contribution >= 0.6 is 23.1 Å². The summed E-state index contributed by atoms with van der Waals surface area (Å²) in [7, 11) is 1.53. The molecule has 0 spiro atoms. The standard InChI is InChI=1S/C20H33N3O4S2/c1-12(2)10-13(17(24)22-16(19(26)21-6)20(3,4)5)14(18(25)23-27)11-29-15-8-7-9-28-15/h7-9,12-14,16,27H,10-11H2,1-6H3,(H,21,26)(H,22,24)(H,23,25)/t13-,14?,16-/m1/s1. The summed E-state index contributed by atoms with van der Waals surface area (Å²) in [6, 6.07) is 3.13. The fraction of sp³-hybridized carbons (Fsp3) is 0.650. The van der Waals surface area contributed by atoms with Crippen LogP contribution in [0.15, 0.2) is 21.7 Å². The van der Waals surface area contributed by atoms with Crippen LogP contribution in [0.4, 0.5) is 0 Å². The van der Waals surface area contributed by atoms with Crippen molar-refractivity contribution in [2.75, 3.05) is 12.8 Å². The first-order chi connectivity index (χ1) is 13.5. The molecule has 0 fully saturated rings. The lowest BCUT2D eigenvalue weighted by Gasteiger charge is -2.33. The van der Waals surface area contributed by atoms with E-state index in [-0.39, 0.29) is 17.7 Å². The van der Waals surface area contributed by atoms with Crippen molar-refractivity contribution in [1.29, 1.82) is 0 Å². The van der Waals surface area contributed by atoms with E-state index in [1.807, 2.05) is 52.1 Å². The second-order valence-corrected chi connectivity index (χ2v) is 10.8. The second-order valence-electron chi connectivity index (χ2n) is 8.48. The van der Waals surface area contributed by atoms with Gasteiger partial charge in [-0.05, 0) is 29.2 Å². The van der Waals surface area contributed by atoms with Crippen molar-refractivity contribution < 1.29 is 19.6 Å². The van der Waals surface area contributed by atoms with Gasteiger partial charge in [0.05, 0.1) is 16.0 Å². The molecule has 4 N–H and O–H groups in total. The van der Waals surface area contributed by atoms with E-state index in [1.54, 1.807) is 16.8 Å². The Morgan fingerprint density at radius 2 is 1.79 bits per heavy atom. The molecule has 3 atom stereocenters. The van der Waals surface area contributed by atoms with Crippen molar-refractivity contribution in [3.05, 3.63) is 17.5 Å². The summed E-state index contributed by atoms with van der Waals surface area (Å²) in [5.41, 5.74) is 1.21. The number of carbonyl (C=O) groups excluding carboxylic acids is 3. The first kappa shape index (κ1) is 25.5. The topological polar surface area (TPSA) is 108 Å². The van der Waals surface area contributed by atoms with E-state index < -0.39 is 29.2 Å². The maximum atomic E-state index is 13.2. The highest BCUT2D eigenvalue weighted by molar-refractivity contribution is 8.01. The predicted octanol–water partition coefficient (Wildman–Crippen LogP) is 2.90. The number of nitrogens with one attached hydrogen (secondary N) is 3. The molecule has 1 heterocycles. The molecule has 7 nitrogen and oxygen atoms in total. The van der Waals surface area contributed by atoms with E-state index in [4.69, 9.17) is 0 Å². The third-order valence-electron chi connectivity index (χ3n) is 4.56. The zero-order valence-corrected chi connectivity index (χ0v) is 19.6. The number of amides is 3. The van der Waals surface area contributed by atoms with Crippen molar-refractivity contribution in [2.24, 2.45) is 23.2 Å². The van der Waals surface area contributed by atoms with Crippen molar-refractivity contribution >= 4 is 40.8 Å². The Kier molecular flexibility index (Phi) is 10.2. The number of hydrogen-bond donors (Lipinski definition) is 4. The number of likely N-dealkylation sites (N-methyl/N-ethyl adjacent to an activating group) is 1. The van der Waals surface area contributed by atoms with Crippen molar-refractivity contribution in [1.82, 2.24) is 16.1 Å². The van der Waals surface area contributed by atoms with E-state index in [2.05, 4.69) is 10.6 Å². The monoisotopic (exact) mass is 443 g/mol. The van der Waals surface area contributed by atoms with Crippen LogP contribution in [-0.4, -0.2) is 41.8 Å². The van der Waals surface area contributed by atoms with Gasteiger partial charge >= 0.3 is 0 Å². The second kappa shape index (κ2) is 11.6. The van der Waals surface area contributed by atoms with Crippen molar-refractivity contribution in [2.45, 2.75) is 51.3 Å². The molecule has 0 aliphatic carbocycles. The number of thiophene rings is 1. The molecule has 3 amide bonds. The van der Waals surface area contributed by atoms with Gasteiger partial charge in [0.2, 0.25) is 17.7 Å². The Hall–Kier alpha value is -1.58. The lowest BCUT2D eigenvalue weighted by Crippen LogP contribution is -2.55. The molecule has 0 saturated heterocycles. The Morgan fingerprint density at radius 1 is 1.14 bits per heavy atom. The fourth-order valence-electron chi connectivity index (χ4n) is 3.01. The van der Waals surface area contributed by atoms with Gasteiger partial charge in [-0.2, -0.15) is 0 Å². The molecule has 9 heteroatoms. The molecule has 1 aromatic heterocycles. The average Bonchev–Trinajstić information content (AvgIpc) is 3.16. The molecule has 1 rings (SSSR count). The molecule has 0 saturated carbocycles. The van der Waals surface area contributed by atoms with Crippen molar-refractivity contribution in [3.8, 4) is 0 Å². The Bertz CT molecular complexity index is 672. The Labute approximate surface area is 181 Å². The van der Waals surface area contributed by atoms with Crippen LogP contribution in [0.3, 0.4) is 0 Å². The number of thioether (sulfide) groups is 1. The van der Waals surface area contributed by atoms with E-state index in [0.717, 1.165) is 4.21 Å². The molecule has 0 aliphatic heterocycles. The number of hydrogen-bond acceptors (Lipinski definition) is 6. The minimum absolute atomic E-state index is 0.152. The van der Waals surface area contributed by atoms with Gasteiger partial charge in [-0.15, -0.1) is 23.1 Å². The highest BCUT2D eigenvalue weighted by atomic mass is 32.2. The molecule has 29 heavy (non-hydrogen) atoms. The van der Waals surface area contributed by atoms with Crippen molar-refractivity contribution in [3.63, 3.8) is 0 Å². The Balaban J connectivity index is 3.11. The number of rotatable bonds is 10. The maximum absolute atomic E-state index is 13.2. The molecule has 0 bridgehead atoms. The van der Waals surface area contributed by atoms with Gasteiger partial charge in [-0.1, -0.05) is 40.7 Å². The van der Waals surface area contributed by atoms with E-state index >= 15 is 0 Å². The van der Waals surface area contributed by atoms with E-state index in [9.17, 15) is 19.6 Å². The summed E-state index contributed by atoms with van der Waals surface area (Å²) in [5.74, 6) is -2.16. The van der Waals surface area contributed by atoms with Crippen LogP contribution in [0, 0.1) is 23.2 Å². The lowest BCUT2D eigenvalue weighted by molar-refractivity contribution is -0.141. The molecule has 1 unspecified atom stereocenters. The fourth-order valence-corrected chi connectivity index (χ4v) is 5.00. The molecule has 0 aliphatic rings. The molecule has 1 aromatic rings. The van der Waals surface area contributed by atoms with Crippen LogP contribution in [0.25, 0.3) is 0 Å². The zero-order valence-electron chi connectivity index (χ0n) is 17.9. The Morgan fingerprint density at radius 3 is 2.24 bits per heavy atom. The summed E-state index contributed by atoms with van der Waals surface area (Å²) in [5, 5.41) is 16.6. The van der Waals surface area contributed by atoms with Gasteiger partial charge in [-0.3, -0.25) is 19.6 Å². The third-order valence-corrected chi connectivity index (χ3v) is 6.81. The quantitative estimate of drug-likeness (QED) is 0.253. The number of carbonyl (C=O) groups is 3. The molecule has 0 aromatic carbocycles. The summed E-state index contributed by atoms with van der Waals surface area (Å²) in [6.07, 6.45) is 0.458. The van der Waals surface area contributed by atoms with Gasteiger partial charge in [0.25, 0.3) is 0 Å². The first-order valence-electron chi connectivity index (χ1n) is 9.63. The minimum Gasteiger partial charge on any atom is -0.357 e. The van der Waals surface area contributed by atoms with Crippen LogP contribution in [0.2, 0.25) is 0 Å². The highest BCUT2D eigenvalue weighted by Gasteiger charge is 2.38. The van der Waals surface area contributed by atoms with Gasteiger partial charge in [0.1, 0.15) is 6.04 Å². The highest BCUT2D eigenvalue weighted by Crippen LogP contribution is 2.31. The lowest BCUT2D eigenvalue weighted by atomic mass is 9.82. The van der Waals surface area contributed by atoms with Crippen LogP contribution in [0.1, 0.15) is 41.0 Å². The van der Waals surface area contributed by atoms with Gasteiger partial charge in [0.15, 0.2) is 0 Å². The van der Waals surface area contributed by atoms with Crippen LogP contribution in [-0.2, 0) is 14.4 Å². The molecular formula is C20H33N3O4S2. The SMILES string of the molecule is CNC(=O)[C@@H](NC(=O)[C@H](CC(C)C)C(CSc1cccs1)C(=O)NO)C(C)(C)C. The van der Waals surface area contributed by atoms with Gasteiger partial charge < -0.3 is 10.6 Å². The predicted molar refractivity (Wildman–Crippen MR) is 117 cm³/mol. The third kappa shape index (κ3) is 7.98. The summed E-state index contributed by atoms with van der Waals surface area (Å²) < 4.78 is 1.03. The first-order valence-corrected chi connectivity index (χ1v) is 11.5. The normalized spacial score (nSPS) is 14.8. The van der Waals surface area contributed by atoms with Gasteiger partial charge in [0, 0.05) is 12.8 Å². The molecular weight excluding hydrogens is 410 g/mol. The average molecular weight is 444 g/mol. The maximum Gasteiger partial charge on any atom is 0.248 e. The van der Waals surface area contributed by atoms with Gasteiger partial charge in [-0.25, -0.2) is 5.48 Å². The molecule has 164 valence electrons. The van der Waals surface area contributed by atoms with Crippen LogP contribution in [0.5, 0.6) is 0 Å². The minimum atomic E-state index is -0.738.